The first-order valence-electron chi connectivity index (χ1n) is 8.63. The van der Waals surface area contributed by atoms with E-state index >= 15 is 0 Å². The van der Waals surface area contributed by atoms with E-state index in [1.54, 1.807) is 26.1 Å². The number of halogens is 3. The number of alkyl halides is 2. The largest absolute Gasteiger partial charge is 0.356 e. The number of fused-ring (bicyclic) bond motifs is 1. The highest BCUT2D eigenvalue weighted by Crippen LogP contribution is 2.27. The minimum atomic E-state index is -2.63. The van der Waals surface area contributed by atoms with Crippen LogP contribution in [0.15, 0.2) is 30.7 Å². The van der Waals surface area contributed by atoms with E-state index in [2.05, 4.69) is 30.6 Å². The number of H-pyrrole nitrogens is 1. The minimum Gasteiger partial charge on any atom is -0.356 e. The summed E-state index contributed by atoms with van der Waals surface area (Å²) in [5.74, 6) is -0.416. The van der Waals surface area contributed by atoms with Gasteiger partial charge in [-0.05, 0) is 25.5 Å². The van der Waals surface area contributed by atoms with E-state index in [4.69, 9.17) is 0 Å². The second kappa shape index (κ2) is 7.83. The molecule has 3 heterocycles. The molecule has 0 aromatic carbocycles. The number of nitrogens with one attached hydrogen (secondary N) is 3. The van der Waals surface area contributed by atoms with Gasteiger partial charge in [-0.1, -0.05) is 6.92 Å². The Balaban J connectivity index is 1.88. The number of anilines is 1. The van der Waals surface area contributed by atoms with Crippen LogP contribution in [0.2, 0.25) is 0 Å². The number of aromatic amines is 1. The molecule has 0 bridgehead atoms. The smallest absolute Gasteiger partial charge is 0.255 e. The van der Waals surface area contributed by atoms with E-state index in [1.807, 2.05) is 0 Å². The summed E-state index contributed by atoms with van der Waals surface area (Å²) in [4.78, 5) is 27.8. The lowest BCUT2D eigenvalue weighted by Crippen LogP contribution is -2.51. The number of aromatic nitrogens is 4. The summed E-state index contributed by atoms with van der Waals surface area (Å²) in [5.41, 5.74) is -0.108. The fourth-order valence-electron chi connectivity index (χ4n) is 2.67. The molecule has 0 spiro atoms. The van der Waals surface area contributed by atoms with Crippen molar-refractivity contribution >= 4 is 22.8 Å². The van der Waals surface area contributed by atoms with Crippen molar-refractivity contribution in [1.29, 1.82) is 0 Å². The highest BCUT2D eigenvalue weighted by Gasteiger charge is 2.32. The zero-order chi connectivity index (χ0) is 20.3. The number of nitrogens with zero attached hydrogens (tertiary/aromatic N) is 3. The monoisotopic (exact) mass is 392 g/mol. The van der Waals surface area contributed by atoms with E-state index in [0.29, 0.717) is 34.7 Å². The second-order valence-corrected chi connectivity index (χ2v) is 6.43. The van der Waals surface area contributed by atoms with Crippen molar-refractivity contribution in [3.05, 3.63) is 36.5 Å². The molecule has 1 amide bonds. The molecule has 28 heavy (non-hydrogen) atoms. The summed E-state index contributed by atoms with van der Waals surface area (Å²) >= 11 is 0. The molecular weight excluding hydrogens is 373 g/mol. The van der Waals surface area contributed by atoms with Crippen LogP contribution in [0.3, 0.4) is 0 Å². The van der Waals surface area contributed by atoms with Gasteiger partial charge in [0.2, 0.25) is 5.91 Å². The predicted molar refractivity (Wildman–Crippen MR) is 98.4 cm³/mol. The maximum atomic E-state index is 13.5. The fraction of sp³-hybridized carbons (Fsp3) is 0.333. The Kier molecular flexibility index (Phi) is 5.48. The van der Waals surface area contributed by atoms with Crippen molar-refractivity contribution in [2.24, 2.45) is 0 Å². The zero-order valence-electron chi connectivity index (χ0n) is 15.3. The molecule has 1 atom stereocenters. The van der Waals surface area contributed by atoms with E-state index in [1.165, 1.54) is 12.3 Å². The van der Waals surface area contributed by atoms with Crippen molar-refractivity contribution in [3.63, 3.8) is 0 Å². The molecule has 3 rings (SSSR count). The molecule has 10 heteroatoms. The maximum Gasteiger partial charge on any atom is 0.255 e. The van der Waals surface area contributed by atoms with Crippen molar-refractivity contribution in [2.75, 3.05) is 11.9 Å². The van der Waals surface area contributed by atoms with Crippen LogP contribution in [0.1, 0.15) is 20.3 Å². The molecule has 3 aromatic heterocycles. The van der Waals surface area contributed by atoms with Gasteiger partial charge in [0, 0.05) is 23.3 Å². The van der Waals surface area contributed by atoms with E-state index < -0.39 is 30.2 Å². The van der Waals surface area contributed by atoms with E-state index in [0.717, 1.165) is 6.20 Å². The van der Waals surface area contributed by atoms with Crippen molar-refractivity contribution in [3.8, 4) is 11.4 Å². The summed E-state index contributed by atoms with van der Waals surface area (Å²) in [7, 11) is 0. The third-order valence-corrected chi connectivity index (χ3v) is 4.42. The van der Waals surface area contributed by atoms with Crippen molar-refractivity contribution in [2.45, 2.75) is 32.2 Å². The average molecular weight is 392 g/mol. The van der Waals surface area contributed by atoms with Crippen LogP contribution in [-0.4, -0.2) is 44.4 Å². The number of amides is 1. The molecule has 7 nitrogen and oxygen atoms in total. The van der Waals surface area contributed by atoms with Gasteiger partial charge in [-0.15, -0.1) is 0 Å². The summed E-state index contributed by atoms with van der Waals surface area (Å²) < 4.78 is 38.3. The molecular formula is C18H19F3N6O. The van der Waals surface area contributed by atoms with Gasteiger partial charge in [0.15, 0.2) is 5.82 Å². The van der Waals surface area contributed by atoms with Crippen LogP contribution in [0, 0.1) is 5.82 Å². The quantitative estimate of drug-likeness (QED) is 0.574. The Bertz CT molecular complexity index is 992. The van der Waals surface area contributed by atoms with Crippen LogP contribution in [0.25, 0.3) is 22.4 Å². The van der Waals surface area contributed by atoms with Gasteiger partial charge in [-0.3, -0.25) is 4.79 Å². The topological polar surface area (TPSA) is 95.6 Å². The molecule has 3 aromatic rings. The normalized spacial score (nSPS) is 13.5. The molecule has 1 unspecified atom stereocenters. The molecule has 0 saturated carbocycles. The predicted octanol–water partition coefficient (Wildman–Crippen LogP) is 3.12. The van der Waals surface area contributed by atoms with Crippen molar-refractivity contribution in [1.82, 2.24) is 25.3 Å². The molecule has 0 radical (unpaired) electrons. The molecule has 0 saturated heterocycles. The van der Waals surface area contributed by atoms with Gasteiger partial charge in [0.1, 0.15) is 22.8 Å². The van der Waals surface area contributed by atoms with Gasteiger partial charge >= 0.3 is 0 Å². The SMILES string of the molecule is CCC(C)(Nc1ccnc(-c2c[nH]c3ncc(F)cc23)n1)C(=O)NCC(F)F. The number of carbonyl (C=O) groups is 1. The third-order valence-electron chi connectivity index (χ3n) is 4.42. The van der Waals surface area contributed by atoms with Gasteiger partial charge in [-0.25, -0.2) is 28.1 Å². The number of carbonyl (C=O) groups excluding carboxylic acids is 1. The standard InChI is InChI=1S/C18H19F3N6O/c1-3-18(2,17(28)25-9-13(20)21)27-14-4-5-22-16(26-14)12-8-24-15-11(12)6-10(19)7-23-15/h4-8,13H,3,9H2,1-2H3,(H,23,24)(H,25,28)(H,22,26,27). The first-order chi connectivity index (χ1) is 13.3. The van der Waals surface area contributed by atoms with Crippen LogP contribution in [0.4, 0.5) is 19.0 Å². The lowest BCUT2D eigenvalue weighted by atomic mass is 9.97. The van der Waals surface area contributed by atoms with Gasteiger partial charge in [0.25, 0.3) is 6.43 Å². The van der Waals surface area contributed by atoms with Crippen LogP contribution in [-0.2, 0) is 4.79 Å². The summed E-state index contributed by atoms with van der Waals surface area (Å²) in [5, 5.41) is 5.72. The van der Waals surface area contributed by atoms with Crippen LogP contribution < -0.4 is 10.6 Å². The van der Waals surface area contributed by atoms with Crippen LogP contribution >= 0.6 is 0 Å². The Morgan fingerprint density at radius 1 is 1.36 bits per heavy atom. The second-order valence-electron chi connectivity index (χ2n) is 6.43. The summed E-state index contributed by atoms with van der Waals surface area (Å²) in [6.07, 6.45) is 1.91. The van der Waals surface area contributed by atoms with E-state index in [9.17, 15) is 18.0 Å². The number of hydrogen-bond acceptors (Lipinski definition) is 5. The zero-order valence-corrected chi connectivity index (χ0v) is 15.3. The molecule has 148 valence electrons. The number of rotatable bonds is 7. The Morgan fingerprint density at radius 2 is 2.14 bits per heavy atom. The highest BCUT2D eigenvalue weighted by molar-refractivity contribution is 5.92. The van der Waals surface area contributed by atoms with Crippen LogP contribution in [0.5, 0.6) is 0 Å². The molecule has 0 aliphatic rings. The molecule has 0 fully saturated rings. The fourth-order valence-corrected chi connectivity index (χ4v) is 2.67. The first-order valence-corrected chi connectivity index (χ1v) is 8.63. The summed E-state index contributed by atoms with van der Waals surface area (Å²) in [6.45, 7) is 2.63. The molecule has 3 N–H and O–H groups in total. The highest BCUT2D eigenvalue weighted by atomic mass is 19.3. The number of hydrogen-bond donors (Lipinski definition) is 3. The lowest BCUT2D eigenvalue weighted by Gasteiger charge is -2.29. The van der Waals surface area contributed by atoms with E-state index in [-0.39, 0.29) is 0 Å². The molecule has 0 aliphatic carbocycles. The van der Waals surface area contributed by atoms with Gasteiger partial charge in [0.05, 0.1) is 12.7 Å². The third kappa shape index (κ3) is 4.05. The summed E-state index contributed by atoms with van der Waals surface area (Å²) in [6, 6.07) is 2.89. The first kappa shape index (κ1) is 19.6. The lowest BCUT2D eigenvalue weighted by molar-refractivity contribution is -0.125. The maximum absolute atomic E-state index is 13.5. The Morgan fingerprint density at radius 3 is 2.86 bits per heavy atom. The minimum absolute atomic E-state index is 0.301. The van der Waals surface area contributed by atoms with Gasteiger partial charge in [-0.2, -0.15) is 0 Å². The average Bonchev–Trinajstić information content (AvgIpc) is 3.09. The molecule has 0 aliphatic heterocycles. The Hall–Kier alpha value is -3.17. The van der Waals surface area contributed by atoms with Crippen molar-refractivity contribution < 1.29 is 18.0 Å². The van der Waals surface area contributed by atoms with Gasteiger partial charge < -0.3 is 15.6 Å². The Labute approximate surface area is 158 Å². The number of pyridine rings is 1.